The average molecular weight is 249 g/mol. The highest BCUT2D eigenvalue weighted by Gasteiger charge is 2.07. The summed E-state index contributed by atoms with van der Waals surface area (Å²) in [7, 11) is 0. The van der Waals surface area contributed by atoms with Gasteiger partial charge in [-0.3, -0.25) is 0 Å². The van der Waals surface area contributed by atoms with Gasteiger partial charge in [0.05, 0.1) is 5.75 Å². The third kappa shape index (κ3) is 2.97. The molecule has 0 aliphatic carbocycles. The van der Waals surface area contributed by atoms with Crippen LogP contribution in [0.1, 0.15) is 25.7 Å². The predicted molar refractivity (Wildman–Crippen MR) is 68.6 cm³/mol. The fourth-order valence-electron chi connectivity index (χ4n) is 1.43. The Morgan fingerprint density at radius 2 is 2.18 bits per heavy atom. The molecule has 0 aliphatic rings. The van der Waals surface area contributed by atoms with Crippen LogP contribution >= 0.6 is 11.8 Å². The second kappa shape index (κ2) is 5.18. The van der Waals surface area contributed by atoms with E-state index in [0.717, 1.165) is 16.5 Å². The molecule has 2 rings (SSSR count). The number of nitrogens with two attached hydrogens (primary N) is 1. The lowest BCUT2D eigenvalue weighted by Gasteiger charge is -2.08. The van der Waals surface area contributed by atoms with E-state index in [2.05, 4.69) is 28.9 Å². The Labute approximate surface area is 104 Å². The van der Waals surface area contributed by atoms with Gasteiger partial charge in [-0.05, 0) is 26.0 Å². The van der Waals surface area contributed by atoms with Gasteiger partial charge >= 0.3 is 0 Å². The molecule has 0 fully saturated rings. The van der Waals surface area contributed by atoms with E-state index in [9.17, 15) is 0 Å². The van der Waals surface area contributed by atoms with Gasteiger partial charge in [-0.25, -0.2) is 14.6 Å². The number of aromatic nitrogens is 4. The summed E-state index contributed by atoms with van der Waals surface area (Å²) >= 11 is 1.68. The van der Waals surface area contributed by atoms with Crippen LogP contribution in [0, 0.1) is 0 Å². The van der Waals surface area contributed by atoms with Gasteiger partial charge < -0.3 is 5.73 Å². The molecule has 0 saturated heterocycles. The number of nitrogen functional groups attached to an aromatic ring is 1. The van der Waals surface area contributed by atoms with Crippen LogP contribution in [0.4, 0.5) is 5.82 Å². The van der Waals surface area contributed by atoms with Gasteiger partial charge in [0, 0.05) is 17.1 Å². The zero-order chi connectivity index (χ0) is 12.3. The lowest BCUT2D eigenvalue weighted by atomic mass is 10.4. The van der Waals surface area contributed by atoms with Crippen molar-refractivity contribution in [3.63, 3.8) is 0 Å². The van der Waals surface area contributed by atoms with Gasteiger partial charge in [-0.1, -0.05) is 0 Å². The predicted octanol–water partition coefficient (Wildman–Crippen LogP) is 2.13. The molecule has 5 nitrogen and oxygen atoms in total. The summed E-state index contributed by atoms with van der Waals surface area (Å²) in [6, 6.07) is 4.09. The van der Waals surface area contributed by atoms with Crippen LogP contribution in [0.3, 0.4) is 0 Å². The summed E-state index contributed by atoms with van der Waals surface area (Å²) < 4.78 is 1.93. The molecule has 2 N–H and O–H groups in total. The number of thioether (sulfide) groups is 1. The molecule has 0 atom stereocenters. The fraction of sp³-hybridized carbons (Fsp3) is 0.364. The van der Waals surface area contributed by atoms with Crippen molar-refractivity contribution in [2.24, 2.45) is 0 Å². The quantitative estimate of drug-likeness (QED) is 0.841. The molecule has 2 aromatic rings. The first-order valence-corrected chi connectivity index (χ1v) is 6.38. The maximum absolute atomic E-state index is 5.53. The van der Waals surface area contributed by atoms with Gasteiger partial charge in [0.2, 0.25) is 0 Å². The SMILES string of the molecule is CC(C)n1ncnc1CSc1ccc(N)nc1. The molecule has 2 heterocycles. The van der Waals surface area contributed by atoms with E-state index in [1.165, 1.54) is 0 Å². The summed E-state index contributed by atoms with van der Waals surface area (Å²) in [6.45, 7) is 4.18. The zero-order valence-electron chi connectivity index (χ0n) is 9.87. The minimum absolute atomic E-state index is 0.331. The fourth-order valence-corrected chi connectivity index (χ4v) is 2.23. The van der Waals surface area contributed by atoms with Crippen molar-refractivity contribution in [2.45, 2.75) is 30.5 Å². The second-order valence-corrected chi connectivity index (χ2v) is 4.97. The van der Waals surface area contributed by atoms with E-state index in [0.29, 0.717) is 11.9 Å². The van der Waals surface area contributed by atoms with Gasteiger partial charge in [0.15, 0.2) is 0 Å². The molecule has 17 heavy (non-hydrogen) atoms. The maximum Gasteiger partial charge on any atom is 0.138 e. The molecular formula is C11H15N5S. The Bertz CT molecular complexity index is 477. The van der Waals surface area contributed by atoms with Crippen LogP contribution in [0.25, 0.3) is 0 Å². The van der Waals surface area contributed by atoms with Crippen molar-refractivity contribution >= 4 is 17.6 Å². The molecular weight excluding hydrogens is 234 g/mol. The topological polar surface area (TPSA) is 69.6 Å². The van der Waals surface area contributed by atoms with E-state index in [1.807, 2.05) is 10.7 Å². The summed E-state index contributed by atoms with van der Waals surface area (Å²) in [6.07, 6.45) is 3.37. The second-order valence-electron chi connectivity index (χ2n) is 3.92. The Morgan fingerprint density at radius 3 is 2.82 bits per heavy atom. The molecule has 0 aliphatic heterocycles. The van der Waals surface area contributed by atoms with Crippen molar-refractivity contribution in [1.82, 2.24) is 19.7 Å². The standard InChI is InChI=1S/C11H15N5S/c1-8(2)16-11(14-7-15-16)6-17-9-3-4-10(12)13-5-9/h3-5,7-8H,6H2,1-2H3,(H2,12,13). The first-order valence-electron chi connectivity index (χ1n) is 5.39. The van der Waals surface area contributed by atoms with Crippen molar-refractivity contribution in [2.75, 3.05) is 5.73 Å². The summed E-state index contributed by atoms with van der Waals surface area (Å²) in [5.74, 6) is 2.30. The molecule has 0 bridgehead atoms. The lowest BCUT2D eigenvalue weighted by Crippen LogP contribution is -2.07. The number of hydrogen-bond donors (Lipinski definition) is 1. The number of hydrogen-bond acceptors (Lipinski definition) is 5. The van der Waals surface area contributed by atoms with Crippen molar-refractivity contribution in [3.8, 4) is 0 Å². The van der Waals surface area contributed by atoms with E-state index < -0.39 is 0 Å². The number of anilines is 1. The van der Waals surface area contributed by atoms with Crippen molar-refractivity contribution in [3.05, 3.63) is 30.5 Å². The van der Waals surface area contributed by atoms with Gasteiger partial charge in [-0.15, -0.1) is 11.8 Å². The highest BCUT2D eigenvalue weighted by molar-refractivity contribution is 7.98. The molecule has 2 aromatic heterocycles. The minimum atomic E-state index is 0.331. The first-order chi connectivity index (χ1) is 8.16. The highest BCUT2D eigenvalue weighted by Crippen LogP contribution is 2.22. The Kier molecular flexibility index (Phi) is 3.63. The number of pyridine rings is 1. The highest BCUT2D eigenvalue weighted by atomic mass is 32.2. The summed E-state index contributed by atoms with van der Waals surface area (Å²) in [4.78, 5) is 9.39. The van der Waals surface area contributed by atoms with E-state index in [1.54, 1.807) is 30.4 Å². The molecule has 0 saturated carbocycles. The molecule has 90 valence electrons. The molecule has 0 spiro atoms. The van der Waals surface area contributed by atoms with Crippen molar-refractivity contribution < 1.29 is 0 Å². The van der Waals surface area contributed by atoms with E-state index in [4.69, 9.17) is 5.73 Å². The van der Waals surface area contributed by atoms with Gasteiger partial charge in [0.25, 0.3) is 0 Å². The monoisotopic (exact) mass is 249 g/mol. The third-order valence-electron chi connectivity index (χ3n) is 2.26. The van der Waals surface area contributed by atoms with Crippen LogP contribution < -0.4 is 5.73 Å². The van der Waals surface area contributed by atoms with Crippen LogP contribution in [-0.2, 0) is 5.75 Å². The number of nitrogens with zero attached hydrogens (tertiary/aromatic N) is 4. The third-order valence-corrected chi connectivity index (χ3v) is 3.24. The first kappa shape index (κ1) is 11.9. The molecule has 0 unspecified atom stereocenters. The van der Waals surface area contributed by atoms with Gasteiger partial charge in [0.1, 0.15) is 18.0 Å². The van der Waals surface area contributed by atoms with Crippen LogP contribution in [0.2, 0.25) is 0 Å². The summed E-state index contributed by atoms with van der Waals surface area (Å²) in [5.41, 5.74) is 5.53. The Balaban J connectivity index is 2.02. The maximum atomic E-state index is 5.53. The molecule has 0 amide bonds. The molecule has 6 heteroatoms. The molecule has 0 aromatic carbocycles. The van der Waals surface area contributed by atoms with Crippen molar-refractivity contribution in [1.29, 1.82) is 0 Å². The van der Waals surface area contributed by atoms with Crippen LogP contribution in [0.15, 0.2) is 29.6 Å². The van der Waals surface area contributed by atoms with E-state index in [-0.39, 0.29) is 0 Å². The normalized spacial score (nSPS) is 11.0. The Hall–Kier alpha value is -1.56. The Morgan fingerprint density at radius 1 is 1.35 bits per heavy atom. The zero-order valence-corrected chi connectivity index (χ0v) is 10.7. The molecule has 0 radical (unpaired) electrons. The van der Waals surface area contributed by atoms with Crippen LogP contribution in [-0.4, -0.2) is 19.7 Å². The van der Waals surface area contributed by atoms with Crippen LogP contribution in [0.5, 0.6) is 0 Å². The smallest absolute Gasteiger partial charge is 0.138 e. The van der Waals surface area contributed by atoms with E-state index >= 15 is 0 Å². The largest absolute Gasteiger partial charge is 0.384 e. The summed E-state index contributed by atoms with van der Waals surface area (Å²) in [5, 5.41) is 4.20. The lowest BCUT2D eigenvalue weighted by molar-refractivity contribution is 0.514. The minimum Gasteiger partial charge on any atom is -0.384 e. The van der Waals surface area contributed by atoms with Gasteiger partial charge in [-0.2, -0.15) is 5.10 Å². The average Bonchev–Trinajstić information content (AvgIpc) is 2.76. The number of rotatable bonds is 4.